The number of nitrogens with zero attached hydrogens (tertiary/aromatic N) is 1. The highest BCUT2D eigenvalue weighted by Gasteiger charge is 2.33. The molecular weight excluding hydrogens is 516 g/mol. The van der Waals surface area contributed by atoms with E-state index in [1.165, 1.54) is 23.8 Å². The number of aryl methyl sites for hydroxylation is 1. The molecule has 0 radical (unpaired) electrons. The van der Waals surface area contributed by atoms with Crippen molar-refractivity contribution < 1.29 is 19.1 Å². The average Bonchev–Trinajstić information content (AvgIpc) is 3.13. The minimum absolute atomic E-state index is 0.178. The Kier molecular flexibility index (Phi) is 7.98. The van der Waals surface area contributed by atoms with Crippen LogP contribution in [0.2, 0.25) is 5.02 Å². The van der Waals surface area contributed by atoms with Gasteiger partial charge in [0.15, 0.2) is 22.4 Å². The molecule has 9 heteroatoms. The zero-order valence-electron chi connectivity index (χ0n) is 19.8. The number of nitrogens with one attached hydrogen (secondary N) is 1. The van der Waals surface area contributed by atoms with E-state index in [-0.39, 0.29) is 18.4 Å². The molecule has 0 atom stereocenters. The molecule has 1 aliphatic heterocycles. The number of hydrogen-bond acceptors (Lipinski definition) is 6. The Bertz CT molecular complexity index is 1390. The van der Waals surface area contributed by atoms with Crippen molar-refractivity contribution >= 4 is 69.2 Å². The summed E-state index contributed by atoms with van der Waals surface area (Å²) in [5.41, 5.74) is 3.93. The highest BCUT2D eigenvalue weighted by atomic mass is 35.5. The summed E-state index contributed by atoms with van der Waals surface area (Å²) in [5.74, 6) is 0.332. The van der Waals surface area contributed by atoms with Crippen LogP contribution in [0, 0.1) is 13.8 Å². The van der Waals surface area contributed by atoms with E-state index in [0.29, 0.717) is 31.4 Å². The zero-order chi connectivity index (χ0) is 25.8. The third-order valence-corrected chi connectivity index (χ3v) is 7.15. The number of halogens is 1. The van der Waals surface area contributed by atoms with Crippen molar-refractivity contribution in [3.05, 3.63) is 87.3 Å². The van der Waals surface area contributed by atoms with Gasteiger partial charge in [-0.05, 0) is 73.0 Å². The molecule has 1 aliphatic rings. The summed E-state index contributed by atoms with van der Waals surface area (Å²) in [6.45, 7) is 3.58. The molecule has 0 bridgehead atoms. The van der Waals surface area contributed by atoms with E-state index in [4.69, 9.17) is 33.3 Å². The SMILES string of the molecule is COc1cc(/C=C2\SC(=S)N(c3cccc(C)c3)C2=O)ccc1OCC(=O)Nc1cccc(Cl)c1C. The van der Waals surface area contributed by atoms with Crippen molar-refractivity contribution in [2.45, 2.75) is 13.8 Å². The molecule has 4 rings (SSSR count). The van der Waals surface area contributed by atoms with E-state index in [1.54, 1.807) is 42.5 Å². The van der Waals surface area contributed by atoms with E-state index in [1.807, 2.05) is 38.1 Å². The summed E-state index contributed by atoms with van der Waals surface area (Å²) in [6.07, 6.45) is 1.76. The maximum absolute atomic E-state index is 13.1. The van der Waals surface area contributed by atoms with Crippen molar-refractivity contribution in [3.8, 4) is 11.5 Å². The fraction of sp³-hybridized carbons (Fsp3) is 0.148. The van der Waals surface area contributed by atoms with Crippen LogP contribution >= 0.6 is 35.6 Å². The topological polar surface area (TPSA) is 67.9 Å². The van der Waals surface area contributed by atoms with Crippen molar-refractivity contribution in [2.24, 2.45) is 0 Å². The van der Waals surface area contributed by atoms with Crippen LogP contribution in [0.3, 0.4) is 0 Å². The molecule has 1 saturated heterocycles. The first-order valence-corrected chi connectivity index (χ1v) is 12.6. The zero-order valence-corrected chi connectivity index (χ0v) is 22.2. The van der Waals surface area contributed by atoms with Gasteiger partial charge in [0, 0.05) is 10.7 Å². The van der Waals surface area contributed by atoms with Gasteiger partial charge >= 0.3 is 0 Å². The third kappa shape index (κ3) is 5.73. The van der Waals surface area contributed by atoms with E-state index >= 15 is 0 Å². The summed E-state index contributed by atoms with van der Waals surface area (Å²) < 4.78 is 11.6. The number of anilines is 2. The predicted molar refractivity (Wildman–Crippen MR) is 150 cm³/mol. The number of amides is 2. The highest BCUT2D eigenvalue weighted by Crippen LogP contribution is 2.37. The normalized spacial score (nSPS) is 14.3. The van der Waals surface area contributed by atoms with Crippen LogP contribution in [0.25, 0.3) is 6.08 Å². The van der Waals surface area contributed by atoms with Gasteiger partial charge in [0.1, 0.15) is 0 Å². The molecule has 1 heterocycles. The quantitative estimate of drug-likeness (QED) is 0.278. The highest BCUT2D eigenvalue weighted by molar-refractivity contribution is 8.27. The van der Waals surface area contributed by atoms with Gasteiger partial charge in [-0.2, -0.15) is 0 Å². The monoisotopic (exact) mass is 538 g/mol. The van der Waals surface area contributed by atoms with Crippen LogP contribution in [0.1, 0.15) is 16.7 Å². The van der Waals surface area contributed by atoms with Crippen LogP contribution < -0.4 is 19.7 Å². The number of ether oxygens (including phenoxy) is 2. The molecule has 0 aliphatic carbocycles. The third-order valence-electron chi connectivity index (χ3n) is 5.44. The average molecular weight is 539 g/mol. The Morgan fingerprint density at radius 2 is 1.89 bits per heavy atom. The Morgan fingerprint density at radius 3 is 2.64 bits per heavy atom. The second-order valence-corrected chi connectivity index (χ2v) is 10.1. The van der Waals surface area contributed by atoms with Crippen LogP contribution in [0.15, 0.2) is 65.6 Å². The summed E-state index contributed by atoms with van der Waals surface area (Å²) in [6, 6.07) is 18.2. The largest absolute Gasteiger partial charge is 0.493 e. The Labute approximate surface area is 224 Å². The number of thiocarbonyl (C=S) groups is 1. The Morgan fingerprint density at radius 1 is 1.11 bits per heavy atom. The second-order valence-electron chi connectivity index (χ2n) is 8.02. The number of hydrogen-bond donors (Lipinski definition) is 1. The van der Waals surface area contributed by atoms with Crippen molar-refractivity contribution in [3.63, 3.8) is 0 Å². The molecule has 1 N–H and O–H groups in total. The van der Waals surface area contributed by atoms with E-state index in [2.05, 4.69) is 5.32 Å². The number of benzene rings is 3. The van der Waals surface area contributed by atoms with Crippen molar-refractivity contribution in [1.82, 2.24) is 0 Å². The van der Waals surface area contributed by atoms with Gasteiger partial charge in [0.05, 0.1) is 17.7 Å². The molecule has 3 aromatic rings. The summed E-state index contributed by atoms with van der Waals surface area (Å²) in [5, 5.41) is 3.36. The lowest BCUT2D eigenvalue weighted by Crippen LogP contribution is -2.27. The Balaban J connectivity index is 1.46. The van der Waals surface area contributed by atoms with Gasteiger partial charge in [-0.1, -0.05) is 59.8 Å². The number of carbonyl (C=O) groups excluding carboxylic acids is 2. The van der Waals surface area contributed by atoms with Crippen molar-refractivity contribution in [2.75, 3.05) is 23.9 Å². The summed E-state index contributed by atoms with van der Waals surface area (Å²) in [4.78, 5) is 27.5. The summed E-state index contributed by atoms with van der Waals surface area (Å²) in [7, 11) is 1.51. The van der Waals surface area contributed by atoms with Crippen LogP contribution in [-0.2, 0) is 9.59 Å². The molecule has 1 fully saturated rings. The first-order chi connectivity index (χ1) is 17.3. The molecule has 0 spiro atoms. The van der Waals surface area contributed by atoms with Gasteiger partial charge in [-0.25, -0.2) is 0 Å². The first kappa shape index (κ1) is 25.8. The summed E-state index contributed by atoms with van der Waals surface area (Å²) >= 11 is 12.8. The minimum Gasteiger partial charge on any atom is -0.493 e. The fourth-order valence-corrected chi connectivity index (χ4v) is 5.05. The fourth-order valence-electron chi connectivity index (χ4n) is 3.57. The lowest BCUT2D eigenvalue weighted by atomic mass is 10.1. The van der Waals surface area contributed by atoms with Crippen LogP contribution in [0.5, 0.6) is 11.5 Å². The van der Waals surface area contributed by atoms with Gasteiger partial charge in [-0.15, -0.1) is 0 Å². The van der Waals surface area contributed by atoms with E-state index < -0.39 is 0 Å². The van der Waals surface area contributed by atoms with Crippen LogP contribution in [0.4, 0.5) is 11.4 Å². The first-order valence-electron chi connectivity index (χ1n) is 11.0. The molecule has 0 aromatic heterocycles. The van der Waals surface area contributed by atoms with Crippen LogP contribution in [-0.4, -0.2) is 29.9 Å². The molecular formula is C27H23ClN2O4S2. The number of methoxy groups -OCH3 is 1. The van der Waals surface area contributed by atoms with E-state index in [9.17, 15) is 9.59 Å². The van der Waals surface area contributed by atoms with E-state index in [0.717, 1.165) is 22.4 Å². The second kappa shape index (κ2) is 11.2. The molecule has 0 saturated carbocycles. The molecule has 2 amide bonds. The van der Waals surface area contributed by atoms with Gasteiger partial charge in [-0.3, -0.25) is 14.5 Å². The number of rotatable bonds is 7. The van der Waals surface area contributed by atoms with Gasteiger partial charge in [0.25, 0.3) is 11.8 Å². The minimum atomic E-state index is -0.327. The predicted octanol–water partition coefficient (Wildman–Crippen LogP) is 6.39. The lowest BCUT2D eigenvalue weighted by Gasteiger charge is -2.15. The molecule has 184 valence electrons. The van der Waals surface area contributed by atoms with Crippen molar-refractivity contribution in [1.29, 1.82) is 0 Å². The smallest absolute Gasteiger partial charge is 0.270 e. The Hall–Kier alpha value is -3.33. The van der Waals surface area contributed by atoms with Gasteiger partial charge < -0.3 is 14.8 Å². The number of carbonyl (C=O) groups is 2. The molecule has 36 heavy (non-hydrogen) atoms. The molecule has 3 aromatic carbocycles. The maximum Gasteiger partial charge on any atom is 0.270 e. The lowest BCUT2D eigenvalue weighted by molar-refractivity contribution is -0.118. The molecule has 6 nitrogen and oxygen atoms in total. The molecule has 0 unspecified atom stereocenters. The number of thioether (sulfide) groups is 1. The standard InChI is InChI=1S/C27H23ClN2O4S2/c1-16-6-4-7-19(12-16)30-26(32)24(36-27(30)35)14-18-10-11-22(23(13-18)33-3)34-15-25(31)29-21-9-5-8-20(28)17(21)2/h4-14H,15H2,1-3H3,(H,29,31)/b24-14-. The van der Waals surface area contributed by atoms with Gasteiger partial charge in [0.2, 0.25) is 0 Å². The maximum atomic E-state index is 13.1.